The van der Waals surface area contributed by atoms with Crippen LogP contribution in [0.15, 0.2) is 18.5 Å². The number of rotatable bonds is 3. The fraction of sp³-hybridized carbons (Fsp3) is 0.571. The lowest BCUT2D eigenvalue weighted by Crippen LogP contribution is -2.42. The fourth-order valence-corrected chi connectivity index (χ4v) is 2.51. The van der Waals surface area contributed by atoms with Crippen LogP contribution in [0, 0.1) is 0 Å². The standard InChI is InChI=1S/C14H20N2O3/c1-19-13-9-15-7-6-12(13)14(18)16-8-4-2-3-5-11(16)10-17/h6-7,9,11,17H,2-5,8,10H2,1H3. The first-order chi connectivity index (χ1) is 9.27. The number of pyridine rings is 1. The first-order valence-corrected chi connectivity index (χ1v) is 6.67. The van der Waals surface area contributed by atoms with Crippen molar-refractivity contribution in [3.8, 4) is 5.75 Å². The third-order valence-corrected chi connectivity index (χ3v) is 3.58. The molecule has 1 aliphatic heterocycles. The Kier molecular flexibility index (Phi) is 4.74. The molecule has 1 atom stereocenters. The van der Waals surface area contributed by atoms with Crippen LogP contribution in [0.3, 0.4) is 0 Å². The molecule has 1 aromatic rings. The van der Waals surface area contributed by atoms with Crippen molar-refractivity contribution >= 4 is 5.91 Å². The van der Waals surface area contributed by atoms with Gasteiger partial charge in [-0.2, -0.15) is 0 Å². The van der Waals surface area contributed by atoms with Crippen molar-refractivity contribution in [3.05, 3.63) is 24.0 Å². The molecule has 1 amide bonds. The van der Waals surface area contributed by atoms with E-state index < -0.39 is 0 Å². The molecule has 1 N–H and O–H groups in total. The smallest absolute Gasteiger partial charge is 0.258 e. The lowest BCUT2D eigenvalue weighted by Gasteiger charge is -2.29. The summed E-state index contributed by atoms with van der Waals surface area (Å²) in [6.45, 7) is 0.703. The molecule has 19 heavy (non-hydrogen) atoms. The summed E-state index contributed by atoms with van der Waals surface area (Å²) < 4.78 is 5.18. The van der Waals surface area contributed by atoms with Crippen LogP contribution in [0.5, 0.6) is 5.75 Å². The van der Waals surface area contributed by atoms with Crippen molar-refractivity contribution < 1.29 is 14.6 Å². The lowest BCUT2D eigenvalue weighted by molar-refractivity contribution is 0.0596. The molecular formula is C14H20N2O3. The van der Waals surface area contributed by atoms with Crippen molar-refractivity contribution in [2.75, 3.05) is 20.3 Å². The van der Waals surface area contributed by atoms with Gasteiger partial charge in [-0.1, -0.05) is 12.8 Å². The zero-order valence-electron chi connectivity index (χ0n) is 11.2. The predicted molar refractivity (Wildman–Crippen MR) is 71.2 cm³/mol. The van der Waals surface area contributed by atoms with E-state index in [0.29, 0.717) is 17.9 Å². The van der Waals surface area contributed by atoms with Crippen molar-refractivity contribution in [2.24, 2.45) is 0 Å². The van der Waals surface area contributed by atoms with Crippen molar-refractivity contribution in [3.63, 3.8) is 0 Å². The van der Waals surface area contributed by atoms with E-state index in [1.54, 1.807) is 23.4 Å². The van der Waals surface area contributed by atoms with Crippen LogP contribution in [0.4, 0.5) is 0 Å². The first kappa shape index (κ1) is 13.8. The number of methoxy groups -OCH3 is 1. The van der Waals surface area contributed by atoms with Gasteiger partial charge in [-0.05, 0) is 18.9 Å². The Morgan fingerprint density at radius 1 is 1.53 bits per heavy atom. The van der Waals surface area contributed by atoms with Crippen LogP contribution < -0.4 is 4.74 Å². The van der Waals surface area contributed by atoms with Crippen molar-refractivity contribution in [1.82, 2.24) is 9.88 Å². The molecule has 1 aromatic heterocycles. The summed E-state index contributed by atoms with van der Waals surface area (Å²) in [5.74, 6) is 0.397. The van der Waals surface area contributed by atoms with E-state index in [-0.39, 0.29) is 18.6 Å². The highest BCUT2D eigenvalue weighted by Gasteiger charge is 2.27. The zero-order chi connectivity index (χ0) is 13.7. The number of ether oxygens (including phenoxy) is 1. The van der Waals surface area contributed by atoms with Gasteiger partial charge in [0, 0.05) is 12.7 Å². The van der Waals surface area contributed by atoms with E-state index in [1.165, 1.54) is 7.11 Å². The number of amides is 1. The van der Waals surface area contributed by atoms with E-state index >= 15 is 0 Å². The van der Waals surface area contributed by atoms with Crippen LogP contribution >= 0.6 is 0 Å². The van der Waals surface area contributed by atoms with Crippen LogP contribution in [0.25, 0.3) is 0 Å². The third kappa shape index (κ3) is 3.04. The van der Waals surface area contributed by atoms with Gasteiger partial charge in [0.15, 0.2) is 0 Å². The summed E-state index contributed by atoms with van der Waals surface area (Å²) in [6.07, 6.45) is 7.13. The molecule has 2 rings (SSSR count). The molecule has 104 valence electrons. The van der Waals surface area contributed by atoms with E-state index in [4.69, 9.17) is 4.74 Å². The number of carbonyl (C=O) groups excluding carboxylic acids is 1. The first-order valence-electron chi connectivity index (χ1n) is 6.67. The maximum atomic E-state index is 12.6. The Bertz CT molecular complexity index is 436. The second-order valence-corrected chi connectivity index (χ2v) is 4.76. The van der Waals surface area contributed by atoms with Gasteiger partial charge in [0.2, 0.25) is 0 Å². The van der Waals surface area contributed by atoms with Gasteiger partial charge in [0.25, 0.3) is 5.91 Å². The van der Waals surface area contributed by atoms with Gasteiger partial charge >= 0.3 is 0 Å². The topological polar surface area (TPSA) is 62.7 Å². The Morgan fingerprint density at radius 2 is 2.37 bits per heavy atom. The summed E-state index contributed by atoms with van der Waals surface area (Å²) in [4.78, 5) is 18.3. The van der Waals surface area contributed by atoms with E-state index in [0.717, 1.165) is 25.7 Å². The largest absolute Gasteiger partial charge is 0.494 e. The minimum Gasteiger partial charge on any atom is -0.494 e. The maximum Gasteiger partial charge on any atom is 0.258 e. The number of likely N-dealkylation sites (tertiary alicyclic amines) is 1. The molecular weight excluding hydrogens is 244 g/mol. The SMILES string of the molecule is COc1cnccc1C(=O)N1CCCCCC1CO. The average molecular weight is 264 g/mol. The summed E-state index contributed by atoms with van der Waals surface area (Å²) in [5.41, 5.74) is 0.512. The molecule has 1 aliphatic rings. The summed E-state index contributed by atoms with van der Waals surface area (Å²) in [7, 11) is 1.53. The quantitative estimate of drug-likeness (QED) is 0.898. The minimum absolute atomic E-state index is 0.0130. The van der Waals surface area contributed by atoms with Crippen molar-refractivity contribution in [1.29, 1.82) is 0 Å². The molecule has 2 heterocycles. The third-order valence-electron chi connectivity index (χ3n) is 3.58. The molecule has 1 fully saturated rings. The number of nitrogens with zero attached hydrogens (tertiary/aromatic N) is 2. The Morgan fingerprint density at radius 3 is 3.11 bits per heavy atom. The monoisotopic (exact) mass is 264 g/mol. The van der Waals surface area contributed by atoms with E-state index in [1.807, 2.05) is 0 Å². The number of hydrogen-bond acceptors (Lipinski definition) is 4. The van der Waals surface area contributed by atoms with Gasteiger partial charge in [-0.3, -0.25) is 9.78 Å². The Hall–Kier alpha value is -1.62. The second kappa shape index (κ2) is 6.52. The molecule has 0 aromatic carbocycles. The van der Waals surface area contributed by atoms with Gasteiger partial charge in [0.1, 0.15) is 5.75 Å². The number of aliphatic hydroxyl groups excluding tert-OH is 1. The van der Waals surface area contributed by atoms with Gasteiger partial charge < -0.3 is 14.7 Å². The fourth-order valence-electron chi connectivity index (χ4n) is 2.51. The summed E-state index contributed by atoms with van der Waals surface area (Å²) in [6, 6.07) is 1.58. The highest BCUT2D eigenvalue weighted by Crippen LogP contribution is 2.23. The Balaban J connectivity index is 2.25. The predicted octanol–water partition coefficient (Wildman–Crippen LogP) is 1.47. The van der Waals surface area contributed by atoms with Crippen LogP contribution in [0.1, 0.15) is 36.0 Å². The molecule has 1 saturated heterocycles. The molecule has 0 spiro atoms. The highest BCUT2D eigenvalue weighted by atomic mass is 16.5. The molecule has 0 saturated carbocycles. The van der Waals surface area contributed by atoms with Gasteiger partial charge in [0.05, 0.1) is 31.5 Å². The van der Waals surface area contributed by atoms with Crippen LogP contribution in [-0.4, -0.2) is 47.2 Å². The number of aromatic nitrogens is 1. The summed E-state index contributed by atoms with van der Waals surface area (Å²) in [5, 5.41) is 9.47. The molecule has 1 unspecified atom stereocenters. The van der Waals surface area contributed by atoms with Crippen LogP contribution in [0.2, 0.25) is 0 Å². The maximum absolute atomic E-state index is 12.6. The molecule has 0 bridgehead atoms. The second-order valence-electron chi connectivity index (χ2n) is 4.76. The molecule has 0 radical (unpaired) electrons. The number of hydrogen-bond donors (Lipinski definition) is 1. The Labute approximate surface area is 113 Å². The molecule has 0 aliphatic carbocycles. The zero-order valence-corrected chi connectivity index (χ0v) is 11.2. The molecule has 5 nitrogen and oxygen atoms in total. The number of aliphatic hydroxyl groups is 1. The van der Waals surface area contributed by atoms with Crippen LogP contribution in [-0.2, 0) is 0 Å². The number of carbonyl (C=O) groups is 1. The van der Waals surface area contributed by atoms with Gasteiger partial charge in [-0.25, -0.2) is 0 Å². The average Bonchev–Trinajstić information content (AvgIpc) is 2.71. The minimum atomic E-state index is -0.0899. The molecule has 5 heteroatoms. The van der Waals surface area contributed by atoms with Gasteiger partial charge in [-0.15, -0.1) is 0 Å². The van der Waals surface area contributed by atoms with Crippen molar-refractivity contribution in [2.45, 2.75) is 31.7 Å². The highest BCUT2D eigenvalue weighted by molar-refractivity contribution is 5.97. The normalized spacial score (nSPS) is 19.9. The summed E-state index contributed by atoms with van der Waals surface area (Å²) >= 11 is 0. The lowest BCUT2D eigenvalue weighted by atomic mass is 10.1. The van der Waals surface area contributed by atoms with E-state index in [9.17, 15) is 9.90 Å². The van der Waals surface area contributed by atoms with E-state index in [2.05, 4.69) is 4.98 Å².